The molecule has 0 aromatic heterocycles. The summed E-state index contributed by atoms with van der Waals surface area (Å²) in [7, 11) is 0. The minimum atomic E-state index is -1.41. The van der Waals surface area contributed by atoms with Crippen LogP contribution in [0.25, 0.3) is 0 Å². The molecule has 0 radical (unpaired) electrons. The molecule has 1 amide bonds. The zero-order valence-corrected chi connectivity index (χ0v) is 8.38. The topological polar surface area (TPSA) is 66.4 Å². The van der Waals surface area contributed by atoms with E-state index in [4.69, 9.17) is 5.11 Å². The Labute approximate surface area is 89.9 Å². The lowest BCUT2D eigenvalue weighted by atomic mass is 10.1. The summed E-state index contributed by atoms with van der Waals surface area (Å²) in [5.41, 5.74) is -0.832. The molecule has 0 aliphatic heterocycles. The van der Waals surface area contributed by atoms with Crippen LogP contribution in [-0.4, -0.2) is 17.0 Å². The zero-order valence-electron chi connectivity index (χ0n) is 8.38. The van der Waals surface area contributed by atoms with Gasteiger partial charge in [0.2, 0.25) is 5.91 Å². The third kappa shape index (κ3) is 2.75. The van der Waals surface area contributed by atoms with Gasteiger partial charge in [-0.15, -0.1) is 0 Å². The molecule has 86 valence electrons. The minimum absolute atomic E-state index is 0.313. The summed E-state index contributed by atoms with van der Waals surface area (Å²) < 4.78 is 26.5. The number of hydrogen-bond donors (Lipinski definition) is 2. The molecule has 0 bridgehead atoms. The fourth-order valence-electron chi connectivity index (χ4n) is 1.11. The van der Waals surface area contributed by atoms with Gasteiger partial charge < -0.3 is 10.4 Å². The molecule has 4 nitrogen and oxygen atoms in total. The van der Waals surface area contributed by atoms with Gasteiger partial charge in [-0.05, 0) is 12.1 Å². The van der Waals surface area contributed by atoms with Crippen LogP contribution < -0.4 is 5.32 Å². The summed E-state index contributed by atoms with van der Waals surface area (Å²) in [4.78, 5) is 21.0. The maximum absolute atomic E-state index is 13.3. The SMILES string of the molecule is CC(=O)NCc1c(F)cc(C(=O)O)cc1F. The predicted molar refractivity (Wildman–Crippen MR) is 50.8 cm³/mol. The van der Waals surface area contributed by atoms with Gasteiger partial charge in [-0.3, -0.25) is 4.79 Å². The van der Waals surface area contributed by atoms with E-state index in [-0.39, 0.29) is 12.1 Å². The van der Waals surface area contributed by atoms with Crippen LogP contribution in [0.5, 0.6) is 0 Å². The van der Waals surface area contributed by atoms with Gasteiger partial charge in [0.15, 0.2) is 0 Å². The van der Waals surface area contributed by atoms with Crippen LogP contribution in [0.3, 0.4) is 0 Å². The fourth-order valence-corrected chi connectivity index (χ4v) is 1.11. The number of aromatic carboxylic acids is 1. The molecule has 0 atom stereocenters. The van der Waals surface area contributed by atoms with Gasteiger partial charge in [-0.2, -0.15) is 0 Å². The average molecular weight is 229 g/mol. The maximum Gasteiger partial charge on any atom is 0.335 e. The fraction of sp³-hybridized carbons (Fsp3) is 0.200. The molecule has 0 heterocycles. The smallest absolute Gasteiger partial charge is 0.335 e. The first kappa shape index (κ1) is 12.1. The molecule has 1 rings (SSSR count). The average Bonchev–Trinajstić information content (AvgIpc) is 2.15. The van der Waals surface area contributed by atoms with Crippen LogP contribution in [0.1, 0.15) is 22.8 Å². The quantitative estimate of drug-likeness (QED) is 0.820. The Morgan fingerprint density at radius 3 is 2.19 bits per heavy atom. The Bertz CT molecular complexity index is 423. The van der Waals surface area contributed by atoms with E-state index in [0.717, 1.165) is 0 Å². The van der Waals surface area contributed by atoms with Crippen LogP contribution in [-0.2, 0) is 11.3 Å². The van der Waals surface area contributed by atoms with Gasteiger partial charge >= 0.3 is 5.97 Å². The van der Waals surface area contributed by atoms with Crippen LogP contribution in [0, 0.1) is 11.6 Å². The normalized spacial score (nSPS) is 9.94. The number of carboxylic acids is 1. The first-order valence-corrected chi connectivity index (χ1v) is 4.37. The van der Waals surface area contributed by atoms with Crippen molar-refractivity contribution in [2.45, 2.75) is 13.5 Å². The molecule has 0 fully saturated rings. The zero-order chi connectivity index (χ0) is 12.3. The number of carbonyl (C=O) groups is 2. The van der Waals surface area contributed by atoms with Gasteiger partial charge in [0, 0.05) is 19.0 Å². The number of carboxylic acid groups (broad SMARTS) is 1. The second-order valence-corrected chi connectivity index (χ2v) is 3.13. The van der Waals surface area contributed by atoms with Crippen molar-refractivity contribution in [2.75, 3.05) is 0 Å². The standard InChI is InChI=1S/C10H9F2NO3/c1-5(14)13-4-7-8(11)2-6(10(15)16)3-9(7)12/h2-3H,4H2,1H3,(H,13,14)(H,15,16). The van der Waals surface area contributed by atoms with E-state index in [9.17, 15) is 18.4 Å². The highest BCUT2D eigenvalue weighted by Crippen LogP contribution is 2.15. The third-order valence-electron chi connectivity index (χ3n) is 1.90. The lowest BCUT2D eigenvalue weighted by Crippen LogP contribution is -2.20. The van der Waals surface area contributed by atoms with Crippen molar-refractivity contribution in [2.24, 2.45) is 0 Å². The monoisotopic (exact) mass is 229 g/mol. The van der Waals surface area contributed by atoms with E-state index in [2.05, 4.69) is 5.32 Å². The lowest BCUT2D eigenvalue weighted by Gasteiger charge is -2.06. The summed E-state index contributed by atoms with van der Waals surface area (Å²) in [6.07, 6.45) is 0. The number of hydrogen-bond acceptors (Lipinski definition) is 2. The molecular weight excluding hydrogens is 220 g/mol. The molecule has 2 N–H and O–H groups in total. The Balaban J connectivity index is 3.03. The summed E-state index contributed by atoms with van der Waals surface area (Å²) in [6, 6.07) is 1.42. The number of nitrogens with one attached hydrogen (secondary N) is 1. The predicted octanol–water partition coefficient (Wildman–Crippen LogP) is 1.30. The highest BCUT2D eigenvalue weighted by atomic mass is 19.1. The summed E-state index contributed by atoms with van der Waals surface area (Å²) in [5.74, 6) is -3.83. The number of rotatable bonds is 3. The third-order valence-corrected chi connectivity index (χ3v) is 1.90. The largest absolute Gasteiger partial charge is 0.478 e. The summed E-state index contributed by atoms with van der Waals surface area (Å²) in [6.45, 7) is 0.897. The van der Waals surface area contributed by atoms with E-state index in [1.165, 1.54) is 6.92 Å². The van der Waals surface area contributed by atoms with Crippen molar-refractivity contribution >= 4 is 11.9 Å². The van der Waals surface area contributed by atoms with Crippen molar-refractivity contribution in [3.63, 3.8) is 0 Å². The van der Waals surface area contributed by atoms with Gasteiger partial charge in [0.1, 0.15) is 11.6 Å². The lowest BCUT2D eigenvalue weighted by molar-refractivity contribution is -0.119. The molecule has 0 saturated carbocycles. The molecule has 16 heavy (non-hydrogen) atoms. The Hall–Kier alpha value is -1.98. The van der Waals surface area contributed by atoms with E-state index >= 15 is 0 Å². The second-order valence-electron chi connectivity index (χ2n) is 3.13. The van der Waals surface area contributed by atoms with E-state index < -0.39 is 29.1 Å². The Morgan fingerprint density at radius 1 is 1.31 bits per heavy atom. The first-order valence-electron chi connectivity index (χ1n) is 4.37. The summed E-state index contributed by atoms with van der Waals surface area (Å²) >= 11 is 0. The van der Waals surface area contributed by atoms with Crippen molar-refractivity contribution in [3.8, 4) is 0 Å². The van der Waals surface area contributed by atoms with Gasteiger partial charge in [0.25, 0.3) is 0 Å². The highest BCUT2D eigenvalue weighted by Gasteiger charge is 2.14. The molecule has 1 aromatic rings. The number of amides is 1. The molecule has 0 saturated heterocycles. The number of halogens is 2. The number of benzene rings is 1. The molecule has 0 unspecified atom stereocenters. The minimum Gasteiger partial charge on any atom is -0.478 e. The van der Waals surface area contributed by atoms with Crippen LogP contribution in [0.2, 0.25) is 0 Å². The van der Waals surface area contributed by atoms with Gasteiger partial charge in [-0.25, -0.2) is 13.6 Å². The molecular formula is C10H9F2NO3. The number of carbonyl (C=O) groups excluding carboxylic acids is 1. The summed E-state index contributed by atoms with van der Waals surface area (Å²) in [5, 5.41) is 10.8. The van der Waals surface area contributed by atoms with Crippen molar-refractivity contribution < 1.29 is 23.5 Å². The van der Waals surface area contributed by atoms with Crippen molar-refractivity contribution in [1.29, 1.82) is 0 Å². The van der Waals surface area contributed by atoms with E-state index in [1.54, 1.807) is 0 Å². The Morgan fingerprint density at radius 2 is 1.81 bits per heavy atom. The van der Waals surface area contributed by atoms with Gasteiger partial charge in [0.05, 0.1) is 5.56 Å². The van der Waals surface area contributed by atoms with Crippen LogP contribution >= 0.6 is 0 Å². The Kier molecular flexibility index (Phi) is 3.55. The second kappa shape index (κ2) is 4.69. The van der Waals surface area contributed by atoms with Crippen molar-refractivity contribution in [3.05, 3.63) is 34.9 Å². The highest BCUT2D eigenvalue weighted by molar-refractivity contribution is 5.87. The maximum atomic E-state index is 13.3. The van der Waals surface area contributed by atoms with Gasteiger partial charge in [-0.1, -0.05) is 0 Å². The molecule has 0 spiro atoms. The van der Waals surface area contributed by atoms with E-state index in [0.29, 0.717) is 12.1 Å². The van der Waals surface area contributed by atoms with E-state index in [1.807, 2.05) is 0 Å². The van der Waals surface area contributed by atoms with Crippen LogP contribution in [0.4, 0.5) is 8.78 Å². The molecule has 1 aromatic carbocycles. The first-order chi connectivity index (χ1) is 7.41. The molecule has 6 heteroatoms. The molecule has 0 aliphatic carbocycles. The van der Waals surface area contributed by atoms with Crippen LogP contribution in [0.15, 0.2) is 12.1 Å². The van der Waals surface area contributed by atoms with Crippen molar-refractivity contribution in [1.82, 2.24) is 5.32 Å². The molecule has 0 aliphatic rings.